The average molecular weight is 387 g/mol. The number of rotatable bonds is 6. The fraction of sp³-hybridized carbons (Fsp3) is 0.176. The molecule has 0 bridgehead atoms. The van der Waals surface area contributed by atoms with Crippen molar-refractivity contribution >= 4 is 23.2 Å². The third-order valence-corrected chi connectivity index (χ3v) is 3.36. The van der Waals surface area contributed by atoms with Gasteiger partial charge in [-0.3, -0.25) is 14.5 Å². The molecule has 0 spiro atoms. The number of carbonyl (C=O) groups is 2. The first-order valence-electron chi connectivity index (χ1n) is 7.54. The van der Waals surface area contributed by atoms with Gasteiger partial charge in [0.05, 0.1) is 18.8 Å². The number of halogens is 5. The normalized spacial score (nSPS) is 10.8. The molecule has 0 saturated heterocycles. The van der Waals surface area contributed by atoms with Gasteiger partial charge in [0, 0.05) is 0 Å². The SMILES string of the molecule is CN(CC(=O)Nc1ccc(F)c(F)c1F)CC(=O)Nc1c(F)cccc1F. The Balaban J connectivity index is 1.91. The zero-order valence-corrected chi connectivity index (χ0v) is 14.0. The zero-order chi connectivity index (χ0) is 20.1. The summed E-state index contributed by atoms with van der Waals surface area (Å²) < 4.78 is 66.4. The fourth-order valence-electron chi connectivity index (χ4n) is 2.15. The highest BCUT2D eigenvalue weighted by Crippen LogP contribution is 2.20. The molecule has 0 aromatic heterocycles. The zero-order valence-electron chi connectivity index (χ0n) is 14.0. The highest BCUT2D eigenvalue weighted by atomic mass is 19.2. The van der Waals surface area contributed by atoms with E-state index in [2.05, 4.69) is 0 Å². The molecule has 0 aliphatic rings. The van der Waals surface area contributed by atoms with Crippen LogP contribution >= 0.6 is 0 Å². The van der Waals surface area contributed by atoms with Crippen LogP contribution in [0.1, 0.15) is 0 Å². The minimum atomic E-state index is -1.73. The standard InChI is InChI=1S/C17H14F5N3O2/c1-25(8-14(27)24-17-10(19)3-2-4-11(17)20)7-13(26)23-12-6-5-9(18)15(21)16(12)22/h2-6H,7-8H2,1H3,(H,23,26)(H,24,27). The van der Waals surface area contributed by atoms with Crippen LogP contribution in [0.15, 0.2) is 30.3 Å². The molecule has 0 aliphatic heterocycles. The molecule has 0 radical (unpaired) electrons. The fourth-order valence-corrected chi connectivity index (χ4v) is 2.15. The lowest BCUT2D eigenvalue weighted by atomic mass is 10.2. The van der Waals surface area contributed by atoms with Crippen LogP contribution in [0.5, 0.6) is 0 Å². The summed E-state index contributed by atoms with van der Waals surface area (Å²) in [6.07, 6.45) is 0. The number of hydrogen-bond acceptors (Lipinski definition) is 3. The average Bonchev–Trinajstić information content (AvgIpc) is 2.58. The summed E-state index contributed by atoms with van der Waals surface area (Å²) in [4.78, 5) is 24.8. The highest BCUT2D eigenvalue weighted by Gasteiger charge is 2.18. The van der Waals surface area contributed by atoms with Gasteiger partial charge in [-0.25, -0.2) is 22.0 Å². The lowest BCUT2D eigenvalue weighted by Crippen LogP contribution is -2.36. The van der Waals surface area contributed by atoms with Crippen LogP contribution < -0.4 is 10.6 Å². The first-order valence-corrected chi connectivity index (χ1v) is 7.54. The number of carbonyl (C=O) groups excluding carboxylic acids is 2. The van der Waals surface area contributed by atoms with Gasteiger partial charge in [0.15, 0.2) is 17.5 Å². The van der Waals surface area contributed by atoms with E-state index in [4.69, 9.17) is 0 Å². The molecule has 2 amide bonds. The van der Waals surface area contributed by atoms with Gasteiger partial charge >= 0.3 is 0 Å². The number of para-hydroxylation sites is 1. The summed E-state index contributed by atoms with van der Waals surface area (Å²) in [5.41, 5.74) is -1.19. The second-order valence-electron chi connectivity index (χ2n) is 5.59. The molecule has 2 aromatic carbocycles. The van der Waals surface area contributed by atoms with Crippen LogP contribution in [0.4, 0.5) is 33.3 Å². The van der Waals surface area contributed by atoms with Gasteiger partial charge in [-0.2, -0.15) is 0 Å². The summed E-state index contributed by atoms with van der Waals surface area (Å²) in [6.45, 7) is -0.840. The molecule has 144 valence electrons. The molecule has 2 N–H and O–H groups in total. The Morgan fingerprint density at radius 2 is 1.37 bits per heavy atom. The van der Waals surface area contributed by atoms with Gasteiger partial charge in [-0.05, 0) is 31.3 Å². The number of hydrogen-bond donors (Lipinski definition) is 2. The highest BCUT2D eigenvalue weighted by molar-refractivity contribution is 5.94. The minimum Gasteiger partial charge on any atom is -0.322 e. The first-order chi connectivity index (χ1) is 12.7. The van der Waals surface area contributed by atoms with E-state index >= 15 is 0 Å². The third-order valence-electron chi connectivity index (χ3n) is 3.36. The largest absolute Gasteiger partial charge is 0.322 e. The molecule has 0 heterocycles. The summed E-state index contributed by atoms with van der Waals surface area (Å²) >= 11 is 0. The quantitative estimate of drug-likeness (QED) is 0.592. The summed E-state index contributed by atoms with van der Waals surface area (Å²) in [5.74, 6) is -8.22. The van der Waals surface area contributed by atoms with Gasteiger partial charge in [0.1, 0.15) is 17.3 Å². The van der Waals surface area contributed by atoms with Crippen LogP contribution in [0.25, 0.3) is 0 Å². The Hall–Kier alpha value is -3.01. The molecule has 5 nitrogen and oxygen atoms in total. The first kappa shape index (κ1) is 20.3. The van der Waals surface area contributed by atoms with Crippen molar-refractivity contribution in [3.8, 4) is 0 Å². The van der Waals surface area contributed by atoms with Gasteiger partial charge in [-0.1, -0.05) is 6.07 Å². The molecular weight excluding hydrogens is 373 g/mol. The number of likely N-dealkylation sites (N-methyl/N-ethyl adjacent to an activating group) is 1. The van der Waals surface area contributed by atoms with Crippen LogP contribution in [0, 0.1) is 29.1 Å². The maximum Gasteiger partial charge on any atom is 0.238 e. The van der Waals surface area contributed by atoms with E-state index in [1.165, 1.54) is 11.9 Å². The van der Waals surface area contributed by atoms with Crippen molar-refractivity contribution in [2.24, 2.45) is 0 Å². The molecule has 2 rings (SSSR count). The predicted molar refractivity (Wildman–Crippen MR) is 87.4 cm³/mol. The van der Waals surface area contributed by atoms with Crippen LogP contribution in [0.2, 0.25) is 0 Å². The Morgan fingerprint density at radius 3 is 1.96 bits per heavy atom. The molecule has 0 atom stereocenters. The monoisotopic (exact) mass is 387 g/mol. The van der Waals surface area contributed by atoms with E-state index in [-0.39, 0.29) is 0 Å². The molecule has 0 aliphatic carbocycles. The Kier molecular flexibility index (Phi) is 6.45. The number of benzene rings is 2. The third kappa shape index (κ3) is 5.23. The van der Waals surface area contributed by atoms with Crippen LogP contribution in [-0.4, -0.2) is 36.9 Å². The van der Waals surface area contributed by atoms with E-state index in [1.54, 1.807) is 0 Å². The molecule has 0 fully saturated rings. The van der Waals surface area contributed by atoms with Crippen molar-refractivity contribution in [3.63, 3.8) is 0 Å². The Labute approximate surface area is 150 Å². The number of nitrogens with one attached hydrogen (secondary N) is 2. The molecule has 2 aromatic rings. The molecule has 27 heavy (non-hydrogen) atoms. The molecular formula is C17H14F5N3O2. The molecule has 0 unspecified atom stereocenters. The van der Waals surface area contributed by atoms with Crippen molar-refractivity contribution in [1.82, 2.24) is 4.90 Å². The van der Waals surface area contributed by atoms with Gasteiger partial charge in [0.2, 0.25) is 11.8 Å². The van der Waals surface area contributed by atoms with E-state index in [9.17, 15) is 31.5 Å². The van der Waals surface area contributed by atoms with Crippen molar-refractivity contribution in [2.75, 3.05) is 30.8 Å². The van der Waals surface area contributed by atoms with Crippen molar-refractivity contribution < 1.29 is 31.5 Å². The second kappa shape index (κ2) is 8.58. The summed E-state index contributed by atoms with van der Waals surface area (Å²) in [7, 11) is 1.35. The van der Waals surface area contributed by atoms with Gasteiger partial charge in [0.25, 0.3) is 0 Å². The predicted octanol–water partition coefficient (Wildman–Crippen LogP) is 2.89. The van der Waals surface area contributed by atoms with Crippen molar-refractivity contribution in [2.45, 2.75) is 0 Å². The maximum atomic E-state index is 13.5. The van der Waals surface area contributed by atoms with Crippen LogP contribution in [-0.2, 0) is 9.59 Å². The summed E-state index contributed by atoms with van der Waals surface area (Å²) in [5, 5.41) is 4.08. The van der Waals surface area contributed by atoms with Gasteiger partial charge in [-0.15, -0.1) is 0 Å². The lowest BCUT2D eigenvalue weighted by Gasteiger charge is -2.16. The Morgan fingerprint density at radius 1 is 0.815 bits per heavy atom. The smallest absolute Gasteiger partial charge is 0.238 e. The van der Waals surface area contributed by atoms with Gasteiger partial charge < -0.3 is 10.6 Å². The van der Waals surface area contributed by atoms with E-state index in [0.717, 1.165) is 24.3 Å². The van der Waals surface area contributed by atoms with E-state index in [1.807, 2.05) is 10.6 Å². The van der Waals surface area contributed by atoms with E-state index in [0.29, 0.717) is 6.07 Å². The number of nitrogens with zero attached hydrogens (tertiary/aromatic N) is 1. The van der Waals surface area contributed by atoms with E-state index < -0.39 is 65.4 Å². The number of amides is 2. The lowest BCUT2D eigenvalue weighted by molar-refractivity contribution is -0.119. The Bertz CT molecular complexity index is 856. The topological polar surface area (TPSA) is 61.4 Å². The second-order valence-corrected chi connectivity index (χ2v) is 5.59. The van der Waals surface area contributed by atoms with Crippen molar-refractivity contribution in [3.05, 3.63) is 59.4 Å². The summed E-state index contributed by atoms with van der Waals surface area (Å²) in [6, 6.07) is 4.56. The minimum absolute atomic E-state index is 0.415. The molecule has 10 heteroatoms. The molecule has 0 saturated carbocycles. The number of anilines is 2. The van der Waals surface area contributed by atoms with Crippen molar-refractivity contribution in [1.29, 1.82) is 0 Å². The van der Waals surface area contributed by atoms with Crippen LogP contribution in [0.3, 0.4) is 0 Å². The maximum absolute atomic E-state index is 13.5.